The van der Waals surface area contributed by atoms with Crippen LogP contribution in [0.25, 0.3) is 0 Å². The maximum Gasteiger partial charge on any atom is 0.111 e. The van der Waals surface area contributed by atoms with E-state index in [4.69, 9.17) is 0 Å². The normalized spacial score (nSPS) is 17.5. The van der Waals surface area contributed by atoms with Crippen molar-refractivity contribution < 1.29 is 15.3 Å². The zero-order valence-corrected chi connectivity index (χ0v) is 10.3. The zero-order chi connectivity index (χ0) is 11.8. The summed E-state index contributed by atoms with van der Waals surface area (Å²) < 4.78 is 0. The predicted octanol–water partition coefficient (Wildman–Crippen LogP) is 1.29. The molecule has 90 valence electrons. The standard InChI is InChI=1S/C11H22O3S/c1-3-8(4-2)5-6-9(12)11(14)10(13)7-15/h7-14H,3-6H2,1-2H3/t9-,10+,11-/m1/s1. The Morgan fingerprint density at radius 3 is 2.00 bits per heavy atom. The number of thiocarbonyl (C=S) groups is 1. The first-order valence-corrected chi connectivity index (χ1v) is 6.03. The minimum Gasteiger partial charge on any atom is -0.390 e. The third-order valence-corrected chi connectivity index (χ3v) is 3.19. The fraction of sp³-hybridized carbons (Fsp3) is 0.909. The molecule has 0 aliphatic rings. The SMILES string of the molecule is CCC(CC)CC[C@@H](O)[C@@H](O)[C@@H](O)C=S. The third-order valence-electron chi connectivity index (χ3n) is 2.91. The van der Waals surface area contributed by atoms with E-state index in [0.717, 1.165) is 24.6 Å². The van der Waals surface area contributed by atoms with Crippen LogP contribution in [-0.4, -0.2) is 39.0 Å². The number of aliphatic hydroxyl groups excluding tert-OH is 3. The quantitative estimate of drug-likeness (QED) is 0.554. The van der Waals surface area contributed by atoms with Crippen LogP contribution in [-0.2, 0) is 0 Å². The lowest BCUT2D eigenvalue weighted by atomic mass is 9.93. The van der Waals surface area contributed by atoms with E-state index in [1.807, 2.05) is 0 Å². The summed E-state index contributed by atoms with van der Waals surface area (Å²) in [6.07, 6.45) is 0.376. The van der Waals surface area contributed by atoms with Gasteiger partial charge in [0.1, 0.15) is 12.2 Å². The molecule has 3 N–H and O–H groups in total. The number of rotatable bonds is 8. The van der Waals surface area contributed by atoms with Gasteiger partial charge in [-0.25, -0.2) is 0 Å². The predicted molar refractivity (Wildman–Crippen MR) is 65.0 cm³/mol. The van der Waals surface area contributed by atoms with Gasteiger partial charge in [0.25, 0.3) is 0 Å². The fourth-order valence-electron chi connectivity index (χ4n) is 1.58. The van der Waals surface area contributed by atoms with Gasteiger partial charge in [-0.05, 0) is 18.8 Å². The molecule has 3 nitrogen and oxygen atoms in total. The van der Waals surface area contributed by atoms with Crippen LogP contribution in [0.2, 0.25) is 0 Å². The Balaban J connectivity index is 3.91. The fourth-order valence-corrected chi connectivity index (χ4v) is 1.74. The maximum atomic E-state index is 9.58. The summed E-state index contributed by atoms with van der Waals surface area (Å²) in [5.74, 6) is 0.580. The second-order valence-corrected chi connectivity index (χ2v) is 4.22. The summed E-state index contributed by atoms with van der Waals surface area (Å²) in [5, 5.41) is 29.3. The molecule has 3 atom stereocenters. The number of aliphatic hydroxyl groups is 3. The second kappa shape index (κ2) is 8.16. The molecule has 0 aromatic carbocycles. The van der Waals surface area contributed by atoms with Crippen molar-refractivity contribution in [3.63, 3.8) is 0 Å². The molecule has 0 radical (unpaired) electrons. The summed E-state index contributed by atoms with van der Waals surface area (Å²) in [6.45, 7) is 4.23. The molecule has 0 bridgehead atoms. The molecular weight excluding hydrogens is 212 g/mol. The van der Waals surface area contributed by atoms with E-state index in [-0.39, 0.29) is 0 Å². The molecule has 0 rings (SSSR count). The Hall–Kier alpha value is -0.0300. The molecule has 0 saturated carbocycles. The molecule has 0 aliphatic carbocycles. The molecule has 0 heterocycles. The minimum atomic E-state index is -1.16. The van der Waals surface area contributed by atoms with Crippen LogP contribution < -0.4 is 0 Å². The summed E-state index contributed by atoms with van der Waals surface area (Å²) in [7, 11) is 0. The molecular formula is C11H22O3S. The van der Waals surface area contributed by atoms with Crippen LogP contribution in [0.3, 0.4) is 0 Å². The monoisotopic (exact) mass is 234 g/mol. The topological polar surface area (TPSA) is 60.7 Å². The van der Waals surface area contributed by atoms with E-state index in [1.165, 1.54) is 0 Å². The molecule has 0 spiro atoms. The van der Waals surface area contributed by atoms with Gasteiger partial charge in [0.15, 0.2) is 0 Å². The van der Waals surface area contributed by atoms with Gasteiger partial charge in [-0.15, -0.1) is 0 Å². The Kier molecular flexibility index (Phi) is 8.14. The van der Waals surface area contributed by atoms with E-state index < -0.39 is 18.3 Å². The summed E-state index contributed by atoms with van der Waals surface area (Å²) in [4.78, 5) is 0. The van der Waals surface area contributed by atoms with Crippen molar-refractivity contribution in [3.05, 3.63) is 0 Å². The molecule has 0 amide bonds. The minimum absolute atomic E-state index is 0.508. The van der Waals surface area contributed by atoms with E-state index in [9.17, 15) is 15.3 Å². The van der Waals surface area contributed by atoms with Gasteiger partial charge in [0.2, 0.25) is 0 Å². The molecule has 0 aromatic heterocycles. The van der Waals surface area contributed by atoms with Crippen molar-refractivity contribution >= 4 is 17.6 Å². The Bertz CT molecular complexity index is 171. The Labute approximate surface area is 97.1 Å². The van der Waals surface area contributed by atoms with Crippen LogP contribution in [0.5, 0.6) is 0 Å². The summed E-state index contributed by atoms with van der Waals surface area (Å²) in [5.41, 5.74) is 0. The summed E-state index contributed by atoms with van der Waals surface area (Å²) in [6, 6.07) is 0. The van der Waals surface area contributed by atoms with Crippen LogP contribution in [0, 0.1) is 5.92 Å². The average molecular weight is 234 g/mol. The molecule has 15 heavy (non-hydrogen) atoms. The molecule has 0 saturated heterocycles. The van der Waals surface area contributed by atoms with Crippen LogP contribution in [0.15, 0.2) is 0 Å². The lowest BCUT2D eigenvalue weighted by Crippen LogP contribution is -2.38. The third kappa shape index (κ3) is 5.56. The van der Waals surface area contributed by atoms with Gasteiger partial charge in [-0.1, -0.05) is 38.9 Å². The first kappa shape index (κ1) is 15.0. The lowest BCUT2D eigenvalue weighted by molar-refractivity contribution is -0.0374. The summed E-state index contributed by atoms with van der Waals surface area (Å²) >= 11 is 4.51. The highest BCUT2D eigenvalue weighted by Crippen LogP contribution is 2.17. The van der Waals surface area contributed by atoms with Crippen molar-refractivity contribution in [2.45, 2.75) is 57.8 Å². The Morgan fingerprint density at radius 1 is 1.07 bits per heavy atom. The zero-order valence-electron chi connectivity index (χ0n) is 9.47. The van der Waals surface area contributed by atoms with Gasteiger partial charge in [0, 0.05) is 5.37 Å². The highest BCUT2D eigenvalue weighted by atomic mass is 32.1. The van der Waals surface area contributed by atoms with Crippen LogP contribution in [0.1, 0.15) is 39.5 Å². The second-order valence-electron chi connectivity index (χ2n) is 3.94. The molecule has 0 aromatic rings. The average Bonchev–Trinajstić information content (AvgIpc) is 2.27. The molecule has 0 fully saturated rings. The smallest absolute Gasteiger partial charge is 0.111 e. The van der Waals surface area contributed by atoms with Crippen molar-refractivity contribution in [1.82, 2.24) is 0 Å². The van der Waals surface area contributed by atoms with Gasteiger partial charge in [-0.3, -0.25) is 0 Å². The first-order valence-electron chi connectivity index (χ1n) is 5.56. The van der Waals surface area contributed by atoms with Crippen LogP contribution in [0.4, 0.5) is 0 Å². The van der Waals surface area contributed by atoms with Gasteiger partial charge in [-0.2, -0.15) is 0 Å². The first-order chi connectivity index (χ1) is 7.06. The maximum absolute atomic E-state index is 9.58. The van der Waals surface area contributed by atoms with E-state index in [1.54, 1.807) is 0 Å². The van der Waals surface area contributed by atoms with Crippen LogP contribution >= 0.6 is 12.2 Å². The largest absolute Gasteiger partial charge is 0.390 e. The number of hydrogen-bond donors (Lipinski definition) is 3. The van der Waals surface area contributed by atoms with Gasteiger partial charge < -0.3 is 15.3 Å². The molecule has 0 unspecified atom stereocenters. The van der Waals surface area contributed by atoms with Crippen molar-refractivity contribution in [3.8, 4) is 0 Å². The van der Waals surface area contributed by atoms with E-state index >= 15 is 0 Å². The highest BCUT2D eigenvalue weighted by Gasteiger charge is 2.23. The Morgan fingerprint density at radius 2 is 1.60 bits per heavy atom. The lowest BCUT2D eigenvalue weighted by Gasteiger charge is -2.22. The van der Waals surface area contributed by atoms with E-state index in [0.29, 0.717) is 12.3 Å². The molecule has 0 aliphatic heterocycles. The van der Waals surface area contributed by atoms with Crippen molar-refractivity contribution in [2.75, 3.05) is 0 Å². The van der Waals surface area contributed by atoms with Crippen molar-refractivity contribution in [1.29, 1.82) is 0 Å². The highest BCUT2D eigenvalue weighted by molar-refractivity contribution is 7.79. The van der Waals surface area contributed by atoms with Crippen molar-refractivity contribution in [2.24, 2.45) is 5.92 Å². The number of hydrogen-bond acceptors (Lipinski definition) is 4. The molecule has 4 heteroatoms. The van der Waals surface area contributed by atoms with Gasteiger partial charge >= 0.3 is 0 Å². The van der Waals surface area contributed by atoms with Gasteiger partial charge in [0.05, 0.1) is 6.10 Å². The van der Waals surface area contributed by atoms with E-state index in [2.05, 4.69) is 26.1 Å².